The Hall–Kier alpha value is -9.54. The molecule has 9 amide bonds. The van der Waals surface area contributed by atoms with Crippen molar-refractivity contribution in [2.75, 3.05) is 145 Å². The molecule has 1 aliphatic rings. The van der Waals surface area contributed by atoms with Crippen molar-refractivity contribution >= 4 is 83.4 Å². The number of carboxylic acid groups (broad SMARTS) is 2. The highest BCUT2D eigenvalue weighted by Crippen LogP contribution is 2.16. The van der Waals surface area contributed by atoms with Gasteiger partial charge in [0.1, 0.15) is 42.1 Å². The number of unbranched alkanes of at least 4 members (excludes halogenated alkanes) is 10. The molecule has 1 fully saturated rings. The van der Waals surface area contributed by atoms with E-state index in [9.17, 15) is 77.3 Å². The minimum atomic E-state index is -1.31. The molecule has 688 valence electrons. The first kappa shape index (κ1) is 107. The third-order valence-electron chi connectivity index (χ3n) is 19.7. The van der Waals surface area contributed by atoms with Crippen molar-refractivity contribution in [2.45, 2.75) is 259 Å². The average molecular weight is 1720 g/mol. The molecular formula is C88H145N13O21. The largest absolute Gasteiger partial charge is 0.480 e. The lowest BCUT2D eigenvalue weighted by Gasteiger charge is -2.34. The van der Waals surface area contributed by atoms with Crippen LogP contribution in [0, 0.1) is 0 Å². The lowest BCUT2D eigenvalue weighted by Crippen LogP contribution is -2.49. The van der Waals surface area contributed by atoms with E-state index in [1.807, 2.05) is 89.1 Å². The monoisotopic (exact) mass is 1720 g/mol. The Bertz CT molecular complexity index is 3290. The maximum Gasteiger partial charge on any atom is 0.408 e. The van der Waals surface area contributed by atoms with E-state index >= 15 is 0 Å². The molecule has 0 unspecified atom stereocenters. The zero-order valence-electron chi connectivity index (χ0n) is 74.7. The van der Waals surface area contributed by atoms with Crippen molar-refractivity contribution in [2.24, 2.45) is 0 Å². The summed E-state index contributed by atoms with van der Waals surface area (Å²) in [6, 6.07) is 15.2. The fourth-order valence-corrected chi connectivity index (χ4v) is 13.0. The van der Waals surface area contributed by atoms with Gasteiger partial charge in [-0.1, -0.05) is 92.8 Å². The molecule has 1 saturated heterocycles. The molecule has 0 radical (unpaired) electrons. The second-order valence-corrected chi connectivity index (χ2v) is 34.2. The summed E-state index contributed by atoms with van der Waals surface area (Å²) in [5, 5.41) is 35.6. The van der Waals surface area contributed by atoms with Gasteiger partial charge >= 0.3 is 42.0 Å². The van der Waals surface area contributed by atoms with Crippen LogP contribution in [0.15, 0.2) is 60.7 Å². The Morgan fingerprint density at radius 2 is 0.664 bits per heavy atom. The summed E-state index contributed by atoms with van der Waals surface area (Å²) in [7, 11) is 3.24. The molecule has 2 atom stereocenters. The van der Waals surface area contributed by atoms with E-state index in [2.05, 4.69) is 36.8 Å². The summed E-state index contributed by atoms with van der Waals surface area (Å²) in [4.78, 5) is 192. The Labute approximate surface area is 722 Å². The first-order valence-corrected chi connectivity index (χ1v) is 43.6. The minimum absolute atomic E-state index is 0.0219. The molecule has 3 rings (SSSR count). The van der Waals surface area contributed by atoms with Crippen LogP contribution in [0.4, 0.5) is 9.59 Å². The molecule has 122 heavy (non-hydrogen) atoms. The normalized spacial score (nSPS) is 13.9. The van der Waals surface area contributed by atoms with Crippen LogP contribution in [0.2, 0.25) is 0 Å². The van der Waals surface area contributed by atoms with Gasteiger partial charge in [-0.15, -0.1) is 0 Å². The van der Waals surface area contributed by atoms with Gasteiger partial charge in [0, 0.05) is 164 Å². The molecule has 1 aliphatic heterocycles. The zero-order valence-corrected chi connectivity index (χ0v) is 74.7. The summed E-state index contributed by atoms with van der Waals surface area (Å²) >= 11 is 0. The fourth-order valence-electron chi connectivity index (χ4n) is 13.0. The highest BCUT2D eigenvalue weighted by molar-refractivity contribution is 5.83. The molecule has 2 aromatic rings. The predicted octanol–water partition coefficient (Wildman–Crippen LogP) is 7.56. The van der Waals surface area contributed by atoms with E-state index < -0.39 is 53.0 Å². The van der Waals surface area contributed by atoms with Crippen molar-refractivity contribution < 1.29 is 101 Å². The molecule has 34 nitrogen and oxygen atoms in total. The number of carbonyl (C=O) groups excluding carboxylic acids is 12. The van der Waals surface area contributed by atoms with Crippen molar-refractivity contribution in [3.8, 4) is 0 Å². The van der Waals surface area contributed by atoms with Crippen molar-refractivity contribution in [3.05, 3.63) is 71.8 Å². The summed E-state index contributed by atoms with van der Waals surface area (Å²) in [5.41, 5.74) is -0.596. The maximum absolute atomic E-state index is 14.1. The van der Waals surface area contributed by atoms with Gasteiger partial charge in [0.2, 0.25) is 41.4 Å². The van der Waals surface area contributed by atoms with E-state index in [4.69, 9.17) is 23.7 Å². The maximum atomic E-state index is 14.1. The first-order chi connectivity index (χ1) is 57.8. The van der Waals surface area contributed by atoms with Gasteiger partial charge in [-0.25, -0.2) is 19.2 Å². The quantitative estimate of drug-likeness (QED) is 0.0180. The highest BCUT2D eigenvalue weighted by Gasteiger charge is 2.29. The van der Waals surface area contributed by atoms with Crippen LogP contribution in [0.1, 0.15) is 228 Å². The van der Waals surface area contributed by atoms with Gasteiger partial charge in [-0.2, -0.15) is 0 Å². The smallest absolute Gasteiger partial charge is 0.408 e. The molecule has 1 heterocycles. The van der Waals surface area contributed by atoms with Gasteiger partial charge in [0.05, 0.1) is 19.6 Å². The molecule has 8 N–H and O–H groups in total. The van der Waals surface area contributed by atoms with Crippen LogP contribution in [-0.2, 0) is 94.4 Å². The van der Waals surface area contributed by atoms with Gasteiger partial charge in [0.15, 0.2) is 0 Å². The number of hydrogen-bond acceptors (Lipinski definition) is 23. The van der Waals surface area contributed by atoms with E-state index in [0.29, 0.717) is 188 Å². The number of rotatable bonds is 56. The highest BCUT2D eigenvalue weighted by atomic mass is 16.6. The second kappa shape index (κ2) is 60.1. The number of hydrogen-bond donors (Lipinski definition) is 8. The molecule has 0 spiro atoms. The summed E-state index contributed by atoms with van der Waals surface area (Å²) < 4.78 is 27.5. The number of carbonyl (C=O) groups is 14. The van der Waals surface area contributed by atoms with Crippen LogP contribution >= 0.6 is 0 Å². The van der Waals surface area contributed by atoms with Crippen molar-refractivity contribution in [3.63, 3.8) is 0 Å². The van der Waals surface area contributed by atoms with E-state index in [-0.39, 0.29) is 163 Å². The van der Waals surface area contributed by atoms with Gasteiger partial charge in [-0.05, 0) is 157 Å². The SMILES string of the molecule is CN(CCCCCC(=O)NCCCCCC(=O)NCCN(CCNC(=O)CCCCCNC(=O)CCCCCN(C)C(=O)CC[C@H](NC(=O)OCc1ccccc1)C(=O)O)C(=O)CCCCCN1CCN(CC(=O)OC(C)(C)C)CCN(CC(=O)OC(C)(C)C)CCN(CC(=O)OC(C)(C)C)CC1)C(=O)CC[C@H](NC(=O)OCc1ccccc1)C(=O)O. The van der Waals surface area contributed by atoms with Crippen molar-refractivity contribution in [1.82, 2.24) is 66.2 Å². The van der Waals surface area contributed by atoms with E-state index in [0.717, 1.165) is 17.5 Å². The van der Waals surface area contributed by atoms with E-state index in [1.165, 1.54) is 9.80 Å². The fraction of sp³-hybridized carbons (Fsp3) is 0.705. The van der Waals surface area contributed by atoms with Crippen LogP contribution in [0.5, 0.6) is 0 Å². The minimum Gasteiger partial charge on any atom is -0.480 e. The number of benzene rings is 2. The Balaban J connectivity index is 1.50. The molecule has 0 saturated carbocycles. The second-order valence-electron chi connectivity index (χ2n) is 34.2. The number of ether oxygens (including phenoxy) is 5. The lowest BCUT2D eigenvalue weighted by atomic mass is 10.1. The topological polar surface area (TPSA) is 420 Å². The number of carboxylic acids is 2. The van der Waals surface area contributed by atoms with Gasteiger partial charge in [0.25, 0.3) is 0 Å². The van der Waals surface area contributed by atoms with Crippen LogP contribution in [0.25, 0.3) is 0 Å². The Morgan fingerprint density at radius 3 is 0.992 bits per heavy atom. The summed E-state index contributed by atoms with van der Waals surface area (Å²) in [6.07, 6.45) is 8.72. The van der Waals surface area contributed by atoms with Crippen LogP contribution in [0.3, 0.4) is 0 Å². The molecule has 0 aromatic heterocycles. The standard InChI is InChI=1S/C88H145N13O21/c1-86(2,3)120-79(109)63-98-57-55-97(56-58-99(64-80(110)121-87(4,5)6)60-62-100(61-59-98)65-81(111)122-88(7,8)9)52-32-18-27-41-78(108)101(53-48-91-74(104)37-23-14-28-46-89-72(102)39-25-16-30-50-95(10)76(106)44-42-70(82(112)113)93-84(116)118-66-68-33-19-12-20-34-68)54-49-92-75(105)38-24-15-29-47-90-73(103)40-26-17-31-51-96(11)77(107)45-43-71(83(114)115)94-85(117)119-67-69-35-21-13-22-36-69/h12-13,19-22,33-36,70-71H,14-18,23-32,37-67H2,1-11H3,(H,89,102)(H,90,103)(H,91,104)(H,92,105)(H,93,116)(H,94,117)(H,112,113)(H,114,115)/t70-,71-/m0/s1. The number of nitrogens with one attached hydrogen (secondary N) is 6. The number of alkyl carbamates (subject to hydrolysis) is 2. The summed E-state index contributed by atoms with van der Waals surface area (Å²) in [5.74, 6) is -4.94. The van der Waals surface area contributed by atoms with Gasteiger partial charge in [-0.3, -0.25) is 62.6 Å². The number of aliphatic carboxylic acids is 2. The average Bonchev–Trinajstić information content (AvgIpc) is 0.899. The molecule has 0 aliphatic carbocycles. The molecule has 0 bridgehead atoms. The zero-order chi connectivity index (χ0) is 90.3. The number of amides is 9. The third kappa shape index (κ3) is 54.8. The number of esters is 3. The van der Waals surface area contributed by atoms with Crippen LogP contribution in [-0.4, -0.2) is 302 Å². The molecule has 34 heteroatoms. The van der Waals surface area contributed by atoms with Crippen LogP contribution < -0.4 is 31.9 Å². The number of nitrogens with zero attached hydrogens (tertiary/aromatic N) is 7. The summed E-state index contributed by atoms with van der Waals surface area (Å²) in [6.45, 7) is 23.5. The van der Waals surface area contributed by atoms with E-state index in [1.54, 1.807) is 67.5 Å². The molecule has 2 aromatic carbocycles. The lowest BCUT2D eigenvalue weighted by molar-refractivity contribution is -0.158. The van der Waals surface area contributed by atoms with Gasteiger partial charge < -0.3 is 85.4 Å². The van der Waals surface area contributed by atoms with Crippen molar-refractivity contribution in [1.29, 1.82) is 0 Å². The predicted molar refractivity (Wildman–Crippen MR) is 460 cm³/mol. The third-order valence-corrected chi connectivity index (χ3v) is 19.7. The Kier molecular flexibility index (Phi) is 52.5. The molecular weight excluding hydrogens is 1580 g/mol. The Morgan fingerprint density at radius 1 is 0.361 bits per heavy atom. The first-order valence-electron chi connectivity index (χ1n) is 43.6.